The van der Waals surface area contributed by atoms with E-state index in [-0.39, 0.29) is 0 Å². The van der Waals surface area contributed by atoms with Gasteiger partial charge in [-0.25, -0.2) is 0 Å². The van der Waals surface area contributed by atoms with Gasteiger partial charge in [-0.1, -0.05) is 60.9 Å². The van der Waals surface area contributed by atoms with Gasteiger partial charge in [-0.3, -0.25) is 0 Å². The van der Waals surface area contributed by atoms with Crippen molar-refractivity contribution in [3.8, 4) is 0 Å². The number of rotatable bonds is 6. The van der Waals surface area contributed by atoms with E-state index in [1.54, 1.807) is 0 Å². The van der Waals surface area contributed by atoms with Gasteiger partial charge in [0, 0.05) is 11.4 Å². The van der Waals surface area contributed by atoms with Crippen molar-refractivity contribution in [2.75, 3.05) is 4.90 Å². The van der Waals surface area contributed by atoms with Gasteiger partial charge in [0.2, 0.25) is 0 Å². The normalized spacial score (nSPS) is 10.9. The van der Waals surface area contributed by atoms with Crippen LogP contribution in [-0.4, -0.2) is 0 Å². The van der Waals surface area contributed by atoms with Gasteiger partial charge < -0.3 is 4.90 Å². The second kappa shape index (κ2) is 8.43. The van der Waals surface area contributed by atoms with E-state index in [9.17, 15) is 0 Å². The van der Waals surface area contributed by atoms with Gasteiger partial charge >= 0.3 is 0 Å². The second-order valence-electron chi connectivity index (χ2n) is 7.69. The lowest BCUT2D eigenvalue weighted by molar-refractivity contribution is 0.794. The number of unbranched alkanes of at least 4 members (excludes halogenated alkanes) is 1. The van der Waals surface area contributed by atoms with Gasteiger partial charge in [-0.2, -0.15) is 0 Å². The summed E-state index contributed by atoms with van der Waals surface area (Å²) in [5, 5.41) is 0. The molecule has 0 unspecified atom stereocenters. The monoisotopic (exact) mass is 357 g/mol. The SMILES string of the molecule is CCCCc1cc(C)c(N(c2ccc(C)cc2)c2ccc(C)cc2)c(C)c1. The highest BCUT2D eigenvalue weighted by Gasteiger charge is 2.17. The zero-order chi connectivity index (χ0) is 19.4. The third-order valence-electron chi connectivity index (χ3n) is 5.18. The third-order valence-corrected chi connectivity index (χ3v) is 5.18. The molecule has 3 aromatic rings. The lowest BCUT2D eigenvalue weighted by Crippen LogP contribution is -2.13. The Morgan fingerprint density at radius 1 is 0.667 bits per heavy atom. The number of hydrogen-bond donors (Lipinski definition) is 0. The van der Waals surface area contributed by atoms with Gasteiger partial charge in [-0.05, 0) is 81.5 Å². The first-order chi connectivity index (χ1) is 13.0. The number of benzene rings is 3. The Kier molecular flexibility index (Phi) is 6.01. The molecule has 3 rings (SSSR count). The van der Waals surface area contributed by atoms with Crippen LogP contribution in [0.5, 0.6) is 0 Å². The van der Waals surface area contributed by atoms with Crippen molar-refractivity contribution in [1.29, 1.82) is 0 Å². The Hall–Kier alpha value is -2.54. The smallest absolute Gasteiger partial charge is 0.0520 e. The summed E-state index contributed by atoms with van der Waals surface area (Å²) in [6.07, 6.45) is 3.64. The maximum Gasteiger partial charge on any atom is 0.0520 e. The first kappa shape index (κ1) is 19.2. The molecule has 0 atom stereocenters. The van der Waals surface area contributed by atoms with Crippen molar-refractivity contribution in [2.24, 2.45) is 0 Å². The summed E-state index contributed by atoms with van der Waals surface area (Å²) >= 11 is 0. The lowest BCUT2D eigenvalue weighted by atomic mass is 9.99. The van der Waals surface area contributed by atoms with Crippen molar-refractivity contribution in [1.82, 2.24) is 0 Å². The quantitative estimate of drug-likeness (QED) is 0.436. The molecule has 0 aliphatic heterocycles. The summed E-state index contributed by atoms with van der Waals surface area (Å²) in [7, 11) is 0. The van der Waals surface area contributed by atoms with Gasteiger partial charge in [0.15, 0.2) is 0 Å². The van der Waals surface area contributed by atoms with Crippen molar-refractivity contribution in [3.63, 3.8) is 0 Å². The molecule has 1 heteroatoms. The van der Waals surface area contributed by atoms with Crippen molar-refractivity contribution >= 4 is 17.1 Å². The predicted octanol–water partition coefficient (Wildman–Crippen LogP) is 7.73. The van der Waals surface area contributed by atoms with Crippen LogP contribution in [0.15, 0.2) is 60.7 Å². The van der Waals surface area contributed by atoms with E-state index in [0.717, 1.165) is 6.42 Å². The van der Waals surface area contributed by atoms with Crippen LogP contribution in [0.1, 0.15) is 47.6 Å². The molecule has 0 bridgehead atoms. The molecule has 0 heterocycles. The van der Waals surface area contributed by atoms with Crippen LogP contribution >= 0.6 is 0 Å². The van der Waals surface area contributed by atoms with E-state index in [1.807, 2.05) is 0 Å². The number of aryl methyl sites for hydroxylation is 5. The largest absolute Gasteiger partial charge is 0.310 e. The standard InChI is InChI=1S/C26H31N/c1-6-7-8-23-17-21(4)26(22(5)18-23)27(24-13-9-19(2)10-14-24)25-15-11-20(3)12-16-25/h9-18H,6-8H2,1-5H3. The molecule has 0 aliphatic carbocycles. The van der Waals surface area contributed by atoms with E-state index in [0.29, 0.717) is 0 Å². The van der Waals surface area contributed by atoms with E-state index in [4.69, 9.17) is 0 Å². The van der Waals surface area contributed by atoms with Gasteiger partial charge in [0.1, 0.15) is 0 Å². The van der Waals surface area contributed by atoms with Crippen LogP contribution in [-0.2, 0) is 6.42 Å². The number of nitrogens with zero attached hydrogens (tertiary/aromatic N) is 1. The average Bonchev–Trinajstić information content (AvgIpc) is 2.65. The Balaban J connectivity index is 2.13. The summed E-state index contributed by atoms with van der Waals surface area (Å²) < 4.78 is 0. The average molecular weight is 358 g/mol. The maximum absolute atomic E-state index is 2.40. The van der Waals surface area contributed by atoms with Crippen LogP contribution in [0.25, 0.3) is 0 Å². The summed E-state index contributed by atoms with van der Waals surface area (Å²) in [4.78, 5) is 2.40. The molecule has 0 saturated heterocycles. The fraction of sp³-hybridized carbons (Fsp3) is 0.308. The minimum absolute atomic E-state index is 1.16. The predicted molar refractivity (Wildman–Crippen MR) is 119 cm³/mol. The summed E-state index contributed by atoms with van der Waals surface area (Å²) in [5.74, 6) is 0. The van der Waals surface area contributed by atoms with Crippen LogP contribution in [0.4, 0.5) is 17.1 Å². The minimum Gasteiger partial charge on any atom is -0.310 e. The molecule has 27 heavy (non-hydrogen) atoms. The molecule has 0 N–H and O–H groups in total. The van der Waals surface area contributed by atoms with E-state index < -0.39 is 0 Å². The topological polar surface area (TPSA) is 3.24 Å². The zero-order valence-corrected chi connectivity index (χ0v) is 17.3. The summed E-state index contributed by atoms with van der Waals surface area (Å²) in [6.45, 7) is 11.0. The summed E-state index contributed by atoms with van der Waals surface area (Å²) in [5.41, 5.74) is 10.4. The Morgan fingerprint density at radius 2 is 1.11 bits per heavy atom. The third kappa shape index (κ3) is 4.42. The molecule has 0 saturated carbocycles. The Morgan fingerprint density at radius 3 is 1.52 bits per heavy atom. The van der Waals surface area contributed by atoms with Crippen LogP contribution in [0, 0.1) is 27.7 Å². The maximum atomic E-state index is 2.40. The molecule has 0 radical (unpaired) electrons. The zero-order valence-electron chi connectivity index (χ0n) is 17.3. The fourth-order valence-electron chi connectivity index (χ4n) is 3.72. The summed E-state index contributed by atoms with van der Waals surface area (Å²) in [6, 6.07) is 22.4. The molecule has 0 aliphatic rings. The lowest BCUT2D eigenvalue weighted by Gasteiger charge is -2.29. The van der Waals surface area contributed by atoms with E-state index >= 15 is 0 Å². The highest BCUT2D eigenvalue weighted by molar-refractivity contribution is 5.80. The van der Waals surface area contributed by atoms with Crippen molar-refractivity contribution < 1.29 is 0 Å². The molecule has 0 spiro atoms. The molecular weight excluding hydrogens is 326 g/mol. The molecule has 0 amide bonds. The van der Waals surface area contributed by atoms with Gasteiger partial charge in [0.05, 0.1) is 5.69 Å². The van der Waals surface area contributed by atoms with Gasteiger partial charge in [-0.15, -0.1) is 0 Å². The molecular formula is C26H31N. The van der Waals surface area contributed by atoms with Gasteiger partial charge in [0.25, 0.3) is 0 Å². The number of anilines is 3. The molecule has 140 valence electrons. The first-order valence-corrected chi connectivity index (χ1v) is 10.0. The molecule has 0 aromatic heterocycles. The Labute approximate surface area is 164 Å². The van der Waals surface area contributed by atoms with Crippen molar-refractivity contribution in [2.45, 2.75) is 53.9 Å². The van der Waals surface area contributed by atoms with Crippen LogP contribution < -0.4 is 4.90 Å². The van der Waals surface area contributed by atoms with E-state index in [1.165, 1.54) is 57.7 Å². The number of hydrogen-bond acceptors (Lipinski definition) is 1. The highest BCUT2D eigenvalue weighted by atomic mass is 15.1. The fourth-order valence-corrected chi connectivity index (χ4v) is 3.72. The molecule has 0 fully saturated rings. The first-order valence-electron chi connectivity index (χ1n) is 10.0. The molecule has 3 aromatic carbocycles. The Bertz CT molecular complexity index is 820. The minimum atomic E-state index is 1.16. The highest BCUT2D eigenvalue weighted by Crippen LogP contribution is 2.39. The second-order valence-corrected chi connectivity index (χ2v) is 7.69. The van der Waals surface area contributed by atoms with Crippen LogP contribution in [0.2, 0.25) is 0 Å². The van der Waals surface area contributed by atoms with Crippen molar-refractivity contribution in [3.05, 3.63) is 88.5 Å². The molecule has 1 nitrogen and oxygen atoms in total. The van der Waals surface area contributed by atoms with E-state index in [2.05, 4.69) is 100 Å². The van der Waals surface area contributed by atoms with Crippen LogP contribution in [0.3, 0.4) is 0 Å².